The summed E-state index contributed by atoms with van der Waals surface area (Å²) >= 11 is 0. The van der Waals surface area contributed by atoms with Crippen molar-refractivity contribution in [3.8, 4) is 0 Å². The number of anilines is 1. The van der Waals surface area contributed by atoms with E-state index in [1.54, 1.807) is 14.3 Å². The summed E-state index contributed by atoms with van der Waals surface area (Å²) in [6.07, 6.45) is 4.39. The Bertz CT molecular complexity index is 1090. The van der Waals surface area contributed by atoms with Crippen LogP contribution in [0.4, 0.5) is 15.5 Å². The summed E-state index contributed by atoms with van der Waals surface area (Å²) in [5.74, 6) is 1.69. The summed E-state index contributed by atoms with van der Waals surface area (Å²) in [7, 11) is 0. The number of amides is 2. The highest BCUT2D eigenvalue weighted by Gasteiger charge is 2.34. The minimum Gasteiger partial charge on any atom is -0.447 e. The van der Waals surface area contributed by atoms with Crippen molar-refractivity contribution in [2.75, 3.05) is 31.6 Å². The maximum Gasteiger partial charge on any atom is 0.410 e. The van der Waals surface area contributed by atoms with E-state index in [0.29, 0.717) is 37.3 Å². The monoisotopic (exact) mass is 501 g/mol. The first kappa shape index (κ1) is 26.0. The molecule has 0 aromatic carbocycles. The molecule has 2 aliphatic heterocycles. The number of rotatable bonds is 5. The first-order chi connectivity index (χ1) is 17.0. The zero-order chi connectivity index (χ0) is 26.0. The van der Waals surface area contributed by atoms with Crippen LogP contribution in [0.1, 0.15) is 77.6 Å². The number of carbonyl (C=O) groups excluding carboxylic acids is 2. The third-order valence-electron chi connectivity index (χ3n) is 6.62. The number of hydrogen-bond donors (Lipinski definition) is 1. The number of likely N-dealkylation sites (tertiary alicyclic amines) is 2. The number of aryl methyl sites for hydroxylation is 1. The van der Waals surface area contributed by atoms with Crippen molar-refractivity contribution < 1.29 is 19.1 Å². The molecule has 0 radical (unpaired) electrons. The van der Waals surface area contributed by atoms with E-state index in [1.807, 2.05) is 33.9 Å². The third-order valence-corrected chi connectivity index (χ3v) is 6.62. The molecule has 2 fully saturated rings. The molecule has 0 spiro atoms. The van der Waals surface area contributed by atoms with E-state index >= 15 is 0 Å². The van der Waals surface area contributed by atoms with E-state index in [1.165, 1.54) is 0 Å². The normalized spacial score (nSPS) is 19.2. The Kier molecular flexibility index (Phi) is 7.56. The van der Waals surface area contributed by atoms with Gasteiger partial charge in [0.25, 0.3) is 0 Å². The van der Waals surface area contributed by atoms with Crippen LogP contribution >= 0.6 is 0 Å². The van der Waals surface area contributed by atoms with Crippen LogP contribution in [-0.4, -0.2) is 85.5 Å². The zero-order valence-corrected chi connectivity index (χ0v) is 22.3. The van der Waals surface area contributed by atoms with Gasteiger partial charge in [0.2, 0.25) is 5.95 Å². The van der Waals surface area contributed by atoms with E-state index in [4.69, 9.17) is 9.47 Å². The number of aromatic nitrogens is 4. The van der Waals surface area contributed by atoms with Gasteiger partial charge < -0.3 is 24.6 Å². The van der Waals surface area contributed by atoms with E-state index in [9.17, 15) is 9.59 Å². The second kappa shape index (κ2) is 10.5. The van der Waals surface area contributed by atoms with Crippen LogP contribution < -0.4 is 5.32 Å². The molecule has 4 rings (SSSR count). The van der Waals surface area contributed by atoms with Crippen LogP contribution in [0, 0.1) is 6.92 Å². The smallest absolute Gasteiger partial charge is 0.410 e. The van der Waals surface area contributed by atoms with Crippen LogP contribution in [0.25, 0.3) is 5.65 Å². The molecule has 1 atom stereocenters. The molecule has 11 nitrogen and oxygen atoms in total. The first-order valence-electron chi connectivity index (χ1n) is 12.9. The van der Waals surface area contributed by atoms with Gasteiger partial charge in [-0.15, -0.1) is 0 Å². The van der Waals surface area contributed by atoms with Crippen molar-refractivity contribution in [1.82, 2.24) is 29.4 Å². The predicted molar refractivity (Wildman–Crippen MR) is 135 cm³/mol. The lowest BCUT2D eigenvalue weighted by molar-refractivity contribution is 0.0132. The molecule has 1 unspecified atom stereocenters. The Labute approximate surface area is 212 Å². The predicted octanol–water partition coefficient (Wildman–Crippen LogP) is 3.97. The van der Waals surface area contributed by atoms with Gasteiger partial charge in [-0.05, 0) is 59.3 Å². The van der Waals surface area contributed by atoms with E-state index < -0.39 is 5.60 Å². The standard InChI is InChI=1S/C25H39N7O4/c1-16(2)20-14-26-32-21(20)27-17(3)28-22(32)29-18-9-12-30(13-10-18)23(33)35-15-19-8-7-11-31(19)24(34)36-25(4,5)6/h14,16,18-19H,7-13,15H2,1-6H3,(H,27,28,29). The van der Waals surface area contributed by atoms with Crippen LogP contribution in [-0.2, 0) is 9.47 Å². The molecule has 2 aromatic rings. The molecule has 0 bridgehead atoms. The summed E-state index contributed by atoms with van der Waals surface area (Å²) in [6, 6.07) is 0.0203. The molecule has 2 saturated heterocycles. The van der Waals surface area contributed by atoms with Gasteiger partial charge in [-0.3, -0.25) is 0 Å². The highest BCUT2D eigenvalue weighted by molar-refractivity contribution is 5.70. The first-order valence-corrected chi connectivity index (χ1v) is 12.9. The van der Waals surface area contributed by atoms with Crippen LogP contribution in [0.5, 0.6) is 0 Å². The lowest BCUT2D eigenvalue weighted by Crippen LogP contribution is -2.45. The topological polar surface area (TPSA) is 114 Å². The SMILES string of the molecule is Cc1nc(NC2CCN(C(=O)OCC3CCCN3C(=O)OC(C)(C)C)CC2)n2ncc(C(C)C)c2n1. The van der Waals surface area contributed by atoms with Crippen LogP contribution in [0.3, 0.4) is 0 Å². The van der Waals surface area contributed by atoms with Crippen molar-refractivity contribution in [2.24, 2.45) is 0 Å². The quantitative estimate of drug-likeness (QED) is 0.655. The largest absolute Gasteiger partial charge is 0.447 e. The van der Waals surface area contributed by atoms with Gasteiger partial charge in [0.05, 0.1) is 12.2 Å². The van der Waals surface area contributed by atoms with Crippen molar-refractivity contribution in [3.63, 3.8) is 0 Å². The molecule has 198 valence electrons. The Morgan fingerprint density at radius 3 is 2.50 bits per heavy atom. The average Bonchev–Trinajstić information content (AvgIpc) is 3.44. The lowest BCUT2D eigenvalue weighted by Gasteiger charge is -2.33. The van der Waals surface area contributed by atoms with Gasteiger partial charge in [-0.2, -0.15) is 14.6 Å². The number of nitrogens with one attached hydrogen (secondary N) is 1. The molecular formula is C25H39N7O4. The fourth-order valence-electron chi connectivity index (χ4n) is 4.72. The Balaban J connectivity index is 1.28. The van der Waals surface area contributed by atoms with Crippen molar-refractivity contribution >= 4 is 23.8 Å². The second-order valence-electron chi connectivity index (χ2n) is 11.0. The second-order valence-corrected chi connectivity index (χ2v) is 11.0. The van der Waals surface area contributed by atoms with Crippen LogP contribution in [0.2, 0.25) is 0 Å². The molecule has 4 heterocycles. The van der Waals surface area contributed by atoms with Crippen molar-refractivity contribution in [3.05, 3.63) is 17.6 Å². The van der Waals surface area contributed by atoms with Crippen molar-refractivity contribution in [1.29, 1.82) is 0 Å². The fraction of sp³-hybridized carbons (Fsp3) is 0.720. The summed E-state index contributed by atoms with van der Waals surface area (Å²) in [6.45, 7) is 13.7. The van der Waals surface area contributed by atoms with Gasteiger partial charge in [0.15, 0.2) is 5.65 Å². The number of ether oxygens (including phenoxy) is 2. The molecule has 2 aromatic heterocycles. The van der Waals surface area contributed by atoms with E-state index in [-0.39, 0.29) is 30.9 Å². The number of carbonyl (C=O) groups is 2. The summed E-state index contributed by atoms with van der Waals surface area (Å²) < 4.78 is 12.9. The molecule has 11 heteroatoms. The fourth-order valence-corrected chi connectivity index (χ4v) is 4.72. The maximum atomic E-state index is 12.7. The molecule has 36 heavy (non-hydrogen) atoms. The molecular weight excluding hydrogens is 462 g/mol. The van der Waals surface area contributed by atoms with Gasteiger partial charge in [-0.25, -0.2) is 14.6 Å². The molecule has 1 N–H and O–H groups in total. The van der Waals surface area contributed by atoms with Crippen LogP contribution in [0.15, 0.2) is 6.20 Å². The van der Waals surface area contributed by atoms with Gasteiger partial charge in [0, 0.05) is 31.2 Å². The highest BCUT2D eigenvalue weighted by atomic mass is 16.6. The van der Waals surface area contributed by atoms with Crippen molar-refractivity contribution in [2.45, 2.75) is 90.8 Å². The number of nitrogens with zero attached hydrogens (tertiary/aromatic N) is 6. The summed E-state index contributed by atoms with van der Waals surface area (Å²) in [4.78, 5) is 37.8. The lowest BCUT2D eigenvalue weighted by atomic mass is 10.1. The molecule has 0 saturated carbocycles. The Hall–Kier alpha value is -3.11. The minimum atomic E-state index is -0.552. The number of piperidine rings is 1. The molecule has 0 aliphatic carbocycles. The Morgan fingerprint density at radius 2 is 1.83 bits per heavy atom. The third kappa shape index (κ3) is 5.99. The van der Waals surface area contributed by atoms with E-state index in [2.05, 4.69) is 34.2 Å². The number of hydrogen-bond acceptors (Lipinski definition) is 8. The highest BCUT2D eigenvalue weighted by Crippen LogP contribution is 2.24. The van der Waals surface area contributed by atoms with E-state index in [0.717, 1.165) is 36.9 Å². The molecule has 2 amide bonds. The maximum absolute atomic E-state index is 12.7. The minimum absolute atomic E-state index is 0.142. The molecule has 2 aliphatic rings. The Morgan fingerprint density at radius 1 is 1.11 bits per heavy atom. The van der Waals surface area contributed by atoms with Gasteiger partial charge >= 0.3 is 12.2 Å². The summed E-state index contributed by atoms with van der Waals surface area (Å²) in [5.41, 5.74) is 1.37. The van der Waals surface area contributed by atoms with Gasteiger partial charge in [0.1, 0.15) is 18.0 Å². The average molecular weight is 502 g/mol. The summed E-state index contributed by atoms with van der Waals surface area (Å²) in [5, 5.41) is 8.00. The zero-order valence-electron chi connectivity index (χ0n) is 22.3. The van der Waals surface area contributed by atoms with Gasteiger partial charge in [-0.1, -0.05) is 13.8 Å². The number of fused-ring (bicyclic) bond motifs is 1.